The fourth-order valence-electron chi connectivity index (χ4n) is 3.95. The zero-order valence-corrected chi connectivity index (χ0v) is 15.7. The molecule has 0 N–H and O–H groups in total. The lowest BCUT2D eigenvalue weighted by atomic mass is 10.0. The molecule has 6 heteroatoms. The van der Waals surface area contributed by atoms with Gasteiger partial charge in [-0.2, -0.15) is 0 Å². The minimum Gasteiger partial charge on any atom is -0.370 e. The molecular weight excluding hydrogens is 356 g/mol. The highest BCUT2D eigenvalue weighted by molar-refractivity contribution is 6.21. The summed E-state index contributed by atoms with van der Waals surface area (Å²) in [5.41, 5.74) is 1.85. The number of nitrogens with zero attached hydrogens (tertiary/aromatic N) is 2. The predicted octanol–water partition coefficient (Wildman–Crippen LogP) is 2.66. The van der Waals surface area contributed by atoms with Gasteiger partial charge in [0.1, 0.15) is 6.10 Å². The molecule has 28 heavy (non-hydrogen) atoms. The van der Waals surface area contributed by atoms with Crippen molar-refractivity contribution in [1.82, 2.24) is 9.80 Å². The molecule has 2 aromatic carbocycles. The van der Waals surface area contributed by atoms with E-state index in [9.17, 15) is 14.4 Å². The van der Waals surface area contributed by atoms with Gasteiger partial charge in [-0.05, 0) is 24.6 Å². The average molecular weight is 378 g/mol. The molecule has 0 radical (unpaired) electrons. The van der Waals surface area contributed by atoms with Crippen molar-refractivity contribution in [3.05, 3.63) is 71.3 Å². The average Bonchev–Trinajstić information content (AvgIpc) is 2.97. The van der Waals surface area contributed by atoms with Crippen molar-refractivity contribution < 1.29 is 19.1 Å². The van der Waals surface area contributed by atoms with Gasteiger partial charge in [0.25, 0.3) is 11.8 Å². The maximum atomic E-state index is 12.8. The first kappa shape index (κ1) is 18.4. The third-order valence-corrected chi connectivity index (χ3v) is 5.44. The topological polar surface area (TPSA) is 66.9 Å². The summed E-state index contributed by atoms with van der Waals surface area (Å²) in [6.07, 6.45) is -0.0738. The van der Waals surface area contributed by atoms with Crippen LogP contribution in [-0.4, -0.2) is 53.3 Å². The summed E-state index contributed by atoms with van der Waals surface area (Å²) >= 11 is 0. The van der Waals surface area contributed by atoms with E-state index in [4.69, 9.17) is 4.74 Å². The maximum Gasteiger partial charge on any atom is 0.261 e. The third kappa shape index (κ3) is 3.20. The van der Waals surface area contributed by atoms with Gasteiger partial charge in [0.05, 0.1) is 23.8 Å². The smallest absolute Gasteiger partial charge is 0.261 e. The molecule has 3 amide bonds. The molecule has 2 aliphatic heterocycles. The van der Waals surface area contributed by atoms with Crippen LogP contribution in [0.2, 0.25) is 0 Å². The zero-order valence-electron chi connectivity index (χ0n) is 15.7. The summed E-state index contributed by atoms with van der Waals surface area (Å²) in [6.45, 7) is 3.02. The van der Waals surface area contributed by atoms with E-state index in [1.54, 1.807) is 29.2 Å². The fourth-order valence-corrected chi connectivity index (χ4v) is 3.95. The summed E-state index contributed by atoms with van der Waals surface area (Å²) < 4.78 is 5.90. The molecule has 0 spiro atoms. The highest BCUT2D eigenvalue weighted by Crippen LogP contribution is 2.29. The van der Waals surface area contributed by atoms with Gasteiger partial charge in [-0.15, -0.1) is 0 Å². The van der Waals surface area contributed by atoms with Crippen LogP contribution in [0.15, 0.2) is 54.6 Å². The Kier molecular flexibility index (Phi) is 4.96. The number of carbonyl (C=O) groups excluding carboxylic acids is 3. The van der Waals surface area contributed by atoms with Crippen LogP contribution in [0, 0.1) is 0 Å². The molecule has 2 aliphatic rings. The summed E-state index contributed by atoms with van der Waals surface area (Å²) in [5.74, 6) is -0.732. The molecule has 0 aromatic heterocycles. The molecule has 6 nitrogen and oxygen atoms in total. The Morgan fingerprint density at radius 1 is 1.00 bits per heavy atom. The second-order valence-corrected chi connectivity index (χ2v) is 7.09. The Bertz CT molecular complexity index is 877. The molecule has 4 rings (SSSR count). The summed E-state index contributed by atoms with van der Waals surface area (Å²) in [7, 11) is 0. The van der Waals surface area contributed by atoms with E-state index in [2.05, 4.69) is 0 Å². The lowest BCUT2D eigenvalue weighted by Gasteiger charge is -2.39. The first-order valence-corrected chi connectivity index (χ1v) is 9.49. The Morgan fingerprint density at radius 3 is 2.25 bits per heavy atom. The monoisotopic (exact) mass is 378 g/mol. The number of rotatable bonds is 4. The third-order valence-electron chi connectivity index (χ3n) is 5.44. The summed E-state index contributed by atoms with van der Waals surface area (Å²) in [6, 6.07) is 16.5. The predicted molar refractivity (Wildman–Crippen MR) is 103 cm³/mol. The second kappa shape index (κ2) is 7.56. The molecule has 2 atom stereocenters. The van der Waals surface area contributed by atoms with Gasteiger partial charge >= 0.3 is 0 Å². The van der Waals surface area contributed by atoms with Crippen molar-refractivity contribution in [2.24, 2.45) is 0 Å². The second-order valence-electron chi connectivity index (χ2n) is 7.09. The van der Waals surface area contributed by atoms with Gasteiger partial charge in [0.2, 0.25) is 5.91 Å². The van der Waals surface area contributed by atoms with E-state index in [1.165, 1.54) is 4.90 Å². The quantitative estimate of drug-likeness (QED) is 0.767. The van der Waals surface area contributed by atoms with Crippen LogP contribution in [0.5, 0.6) is 0 Å². The number of hydrogen-bond donors (Lipinski definition) is 0. The minimum atomic E-state index is -0.328. The standard InChI is InChI=1S/C22H22N2O4/c1-15-20(16-7-3-2-4-8-16)28-14-13-23(15)19(25)11-12-24-21(26)17-9-5-6-10-18(17)22(24)27/h2-10,15,20H,11-14H2,1H3/t15-,20+/m0/s1. The number of carbonyl (C=O) groups is 3. The van der Waals surface area contributed by atoms with Gasteiger partial charge in [-0.25, -0.2) is 0 Å². The molecule has 1 saturated heterocycles. The van der Waals surface area contributed by atoms with Crippen LogP contribution in [0.25, 0.3) is 0 Å². The van der Waals surface area contributed by atoms with Crippen molar-refractivity contribution in [3.8, 4) is 0 Å². The highest BCUT2D eigenvalue weighted by atomic mass is 16.5. The number of fused-ring (bicyclic) bond motifs is 1. The fraction of sp³-hybridized carbons (Fsp3) is 0.318. The first-order valence-electron chi connectivity index (χ1n) is 9.49. The van der Waals surface area contributed by atoms with Crippen LogP contribution in [0.1, 0.15) is 45.7 Å². The molecule has 1 fully saturated rings. The minimum absolute atomic E-state index is 0.0757. The Morgan fingerprint density at radius 2 is 1.61 bits per heavy atom. The van der Waals surface area contributed by atoms with Gasteiger partial charge in [-0.3, -0.25) is 19.3 Å². The van der Waals surface area contributed by atoms with E-state index in [1.807, 2.05) is 37.3 Å². The number of amides is 3. The van der Waals surface area contributed by atoms with E-state index >= 15 is 0 Å². The van der Waals surface area contributed by atoms with Crippen LogP contribution in [0.4, 0.5) is 0 Å². The van der Waals surface area contributed by atoms with E-state index in [0.717, 1.165) is 5.56 Å². The van der Waals surface area contributed by atoms with Crippen molar-refractivity contribution in [1.29, 1.82) is 0 Å². The summed E-state index contributed by atoms with van der Waals surface area (Å²) in [5, 5.41) is 0. The highest BCUT2D eigenvalue weighted by Gasteiger charge is 2.37. The molecule has 2 aromatic rings. The number of hydrogen-bond acceptors (Lipinski definition) is 4. The molecular formula is C22H22N2O4. The van der Waals surface area contributed by atoms with Gasteiger partial charge in [0, 0.05) is 19.5 Å². The number of ether oxygens (including phenoxy) is 1. The van der Waals surface area contributed by atoms with Crippen LogP contribution in [0.3, 0.4) is 0 Å². The van der Waals surface area contributed by atoms with Crippen LogP contribution in [-0.2, 0) is 9.53 Å². The van der Waals surface area contributed by atoms with Crippen LogP contribution >= 0.6 is 0 Å². The van der Waals surface area contributed by atoms with Crippen LogP contribution < -0.4 is 0 Å². The molecule has 0 saturated carbocycles. The van der Waals surface area contributed by atoms with E-state index in [0.29, 0.717) is 24.3 Å². The van der Waals surface area contributed by atoms with E-state index < -0.39 is 0 Å². The van der Waals surface area contributed by atoms with Crippen molar-refractivity contribution in [2.75, 3.05) is 19.7 Å². The Balaban J connectivity index is 1.42. The maximum absolute atomic E-state index is 12.8. The number of benzene rings is 2. The number of imide groups is 1. The largest absolute Gasteiger partial charge is 0.370 e. The van der Waals surface area contributed by atoms with Crippen molar-refractivity contribution in [2.45, 2.75) is 25.5 Å². The van der Waals surface area contributed by atoms with E-state index in [-0.39, 0.29) is 42.8 Å². The molecule has 0 aliphatic carbocycles. The molecule has 0 bridgehead atoms. The SMILES string of the molecule is C[C@H]1[C@H](c2ccccc2)OCCN1C(=O)CCN1C(=O)c2ccccc2C1=O. The molecule has 0 unspecified atom stereocenters. The van der Waals surface area contributed by atoms with Gasteiger partial charge in [-0.1, -0.05) is 42.5 Å². The van der Waals surface area contributed by atoms with Gasteiger partial charge < -0.3 is 9.64 Å². The van der Waals surface area contributed by atoms with Crippen molar-refractivity contribution in [3.63, 3.8) is 0 Å². The Labute approximate surface area is 163 Å². The Hall–Kier alpha value is -2.99. The molecule has 144 valence electrons. The number of morpholine rings is 1. The van der Waals surface area contributed by atoms with Gasteiger partial charge in [0.15, 0.2) is 0 Å². The lowest BCUT2D eigenvalue weighted by Crippen LogP contribution is -2.49. The summed E-state index contributed by atoms with van der Waals surface area (Å²) in [4.78, 5) is 40.7. The van der Waals surface area contributed by atoms with Crippen molar-refractivity contribution >= 4 is 17.7 Å². The normalized spacial score (nSPS) is 21.8. The molecule has 2 heterocycles. The lowest BCUT2D eigenvalue weighted by molar-refractivity contribution is -0.145. The zero-order chi connectivity index (χ0) is 19.7. The first-order chi connectivity index (χ1) is 13.6.